The second-order valence-electron chi connectivity index (χ2n) is 5.52. The van der Waals surface area contributed by atoms with Gasteiger partial charge in [-0.25, -0.2) is 18.6 Å². The van der Waals surface area contributed by atoms with Crippen LogP contribution >= 0.6 is 0 Å². The van der Waals surface area contributed by atoms with Crippen molar-refractivity contribution in [2.45, 2.75) is 6.61 Å². The fourth-order valence-electron chi connectivity index (χ4n) is 2.45. The Bertz CT molecular complexity index is 957. The summed E-state index contributed by atoms with van der Waals surface area (Å²) in [4.78, 5) is 19.5. The summed E-state index contributed by atoms with van der Waals surface area (Å²) < 4.78 is 38.9. The van der Waals surface area contributed by atoms with Gasteiger partial charge in [-0.1, -0.05) is 0 Å². The largest absolute Gasteiger partial charge is 0.486 e. The fourth-order valence-corrected chi connectivity index (χ4v) is 2.45. The number of aromatic nitrogens is 3. The van der Waals surface area contributed by atoms with Gasteiger partial charge in [0, 0.05) is 31.1 Å². The highest BCUT2D eigenvalue weighted by atomic mass is 19.1. The molecule has 0 radical (unpaired) electrons. The average Bonchev–Trinajstić information content (AvgIpc) is 3.01. The van der Waals surface area contributed by atoms with Gasteiger partial charge >= 0.3 is 5.97 Å². The molecule has 0 unspecified atom stereocenters. The number of carbonyl (C=O) groups is 1. The van der Waals surface area contributed by atoms with Crippen LogP contribution in [0.3, 0.4) is 0 Å². The van der Waals surface area contributed by atoms with Crippen LogP contribution in [0, 0.1) is 11.6 Å². The highest BCUT2D eigenvalue weighted by Crippen LogP contribution is 2.30. The SMILES string of the molecule is COC(=O)c1cc(-c2ncc(F)cc2OCc2cncc(F)c2)n(C)c1. The Morgan fingerprint density at radius 2 is 1.92 bits per heavy atom. The van der Waals surface area contributed by atoms with Gasteiger partial charge in [0.05, 0.1) is 30.8 Å². The van der Waals surface area contributed by atoms with E-state index in [0.717, 1.165) is 12.4 Å². The van der Waals surface area contributed by atoms with E-state index in [9.17, 15) is 13.6 Å². The number of pyridine rings is 2. The molecule has 0 aliphatic carbocycles. The molecule has 3 aromatic heterocycles. The van der Waals surface area contributed by atoms with Crippen LogP contribution in [0.2, 0.25) is 0 Å². The Morgan fingerprint density at radius 1 is 1.15 bits per heavy atom. The number of rotatable bonds is 5. The first kappa shape index (κ1) is 17.5. The monoisotopic (exact) mass is 359 g/mol. The quantitative estimate of drug-likeness (QED) is 0.655. The van der Waals surface area contributed by atoms with Crippen LogP contribution in [0.15, 0.2) is 43.0 Å². The molecule has 3 heterocycles. The summed E-state index contributed by atoms with van der Waals surface area (Å²) in [6.07, 6.45) is 5.16. The molecule has 8 heteroatoms. The van der Waals surface area contributed by atoms with E-state index >= 15 is 0 Å². The summed E-state index contributed by atoms with van der Waals surface area (Å²) in [6.45, 7) is -0.0167. The lowest BCUT2D eigenvalue weighted by Gasteiger charge is -2.11. The van der Waals surface area contributed by atoms with Crippen LogP contribution in [-0.2, 0) is 18.4 Å². The third-order valence-electron chi connectivity index (χ3n) is 3.64. The Labute approximate surface area is 148 Å². The number of hydrogen-bond donors (Lipinski definition) is 0. The smallest absolute Gasteiger partial charge is 0.339 e. The van der Waals surface area contributed by atoms with Gasteiger partial charge in [-0.05, 0) is 12.1 Å². The zero-order valence-electron chi connectivity index (χ0n) is 14.1. The topological polar surface area (TPSA) is 66.2 Å². The molecule has 6 nitrogen and oxygen atoms in total. The molecule has 0 amide bonds. The third kappa shape index (κ3) is 3.69. The highest BCUT2D eigenvalue weighted by molar-refractivity contribution is 5.91. The molecule has 0 aliphatic rings. The van der Waals surface area contributed by atoms with Crippen molar-refractivity contribution >= 4 is 5.97 Å². The lowest BCUT2D eigenvalue weighted by molar-refractivity contribution is 0.0600. The van der Waals surface area contributed by atoms with Crippen LogP contribution in [0.1, 0.15) is 15.9 Å². The first-order valence-electron chi connectivity index (χ1n) is 7.60. The molecule has 0 N–H and O–H groups in total. The van der Waals surface area contributed by atoms with E-state index in [2.05, 4.69) is 9.97 Å². The number of nitrogens with zero attached hydrogens (tertiary/aromatic N) is 3. The number of methoxy groups -OCH3 is 1. The second kappa shape index (κ2) is 7.30. The van der Waals surface area contributed by atoms with E-state index in [1.165, 1.54) is 25.4 Å². The first-order valence-corrected chi connectivity index (χ1v) is 7.60. The van der Waals surface area contributed by atoms with Gasteiger partial charge in [-0.3, -0.25) is 4.98 Å². The van der Waals surface area contributed by atoms with Gasteiger partial charge in [-0.2, -0.15) is 0 Å². The molecule has 0 fully saturated rings. The molecular formula is C18H15F2N3O3. The number of ether oxygens (including phenoxy) is 2. The van der Waals surface area contributed by atoms with E-state index < -0.39 is 17.6 Å². The Kier molecular flexibility index (Phi) is 4.92. The number of hydrogen-bond acceptors (Lipinski definition) is 5. The van der Waals surface area contributed by atoms with Crippen LogP contribution in [0.25, 0.3) is 11.4 Å². The Balaban J connectivity index is 1.93. The zero-order valence-corrected chi connectivity index (χ0v) is 14.1. The summed E-state index contributed by atoms with van der Waals surface area (Å²) in [5.41, 5.74) is 1.70. The Morgan fingerprint density at radius 3 is 2.65 bits per heavy atom. The highest BCUT2D eigenvalue weighted by Gasteiger charge is 2.17. The molecule has 0 aromatic carbocycles. The lowest BCUT2D eigenvalue weighted by atomic mass is 10.2. The molecule has 134 valence electrons. The van der Waals surface area contributed by atoms with E-state index in [1.807, 2.05) is 0 Å². The van der Waals surface area contributed by atoms with Crippen molar-refractivity contribution in [3.8, 4) is 17.1 Å². The van der Waals surface area contributed by atoms with Gasteiger partial charge in [0.25, 0.3) is 0 Å². The number of aryl methyl sites for hydroxylation is 1. The molecule has 0 atom stereocenters. The van der Waals surface area contributed by atoms with E-state index in [1.54, 1.807) is 23.9 Å². The van der Waals surface area contributed by atoms with Crippen molar-refractivity contribution in [2.24, 2.45) is 7.05 Å². The maximum Gasteiger partial charge on any atom is 0.339 e. The van der Waals surface area contributed by atoms with Gasteiger partial charge in [-0.15, -0.1) is 0 Å². The van der Waals surface area contributed by atoms with Crippen molar-refractivity contribution in [3.05, 3.63) is 65.7 Å². The van der Waals surface area contributed by atoms with Gasteiger partial charge < -0.3 is 14.0 Å². The van der Waals surface area contributed by atoms with Crippen LogP contribution in [0.4, 0.5) is 8.78 Å². The van der Waals surface area contributed by atoms with Crippen molar-refractivity contribution in [1.82, 2.24) is 14.5 Å². The summed E-state index contributed by atoms with van der Waals surface area (Å²) in [6, 6.07) is 4.03. The van der Waals surface area contributed by atoms with E-state index in [4.69, 9.17) is 9.47 Å². The second-order valence-corrected chi connectivity index (χ2v) is 5.52. The Hall–Kier alpha value is -3.29. The van der Waals surface area contributed by atoms with Crippen molar-refractivity contribution in [3.63, 3.8) is 0 Å². The van der Waals surface area contributed by atoms with E-state index in [0.29, 0.717) is 22.5 Å². The van der Waals surface area contributed by atoms with Crippen molar-refractivity contribution < 1.29 is 23.0 Å². The lowest BCUT2D eigenvalue weighted by Crippen LogP contribution is -2.01. The maximum atomic E-state index is 13.6. The zero-order chi connectivity index (χ0) is 18.7. The molecule has 0 saturated carbocycles. The average molecular weight is 359 g/mol. The standard InChI is InChI=1S/C18H15F2N3O3/c1-23-9-12(18(24)25-2)4-15(23)17-16(5-14(20)8-22-17)26-10-11-3-13(19)7-21-6-11/h3-9H,10H2,1-2H3. The molecule has 0 bridgehead atoms. The summed E-state index contributed by atoms with van der Waals surface area (Å²) >= 11 is 0. The first-order chi connectivity index (χ1) is 12.5. The molecular weight excluding hydrogens is 344 g/mol. The molecule has 0 aliphatic heterocycles. The minimum Gasteiger partial charge on any atom is -0.486 e. The molecule has 3 aromatic rings. The fraction of sp³-hybridized carbons (Fsp3) is 0.167. The van der Waals surface area contributed by atoms with Crippen LogP contribution in [-0.4, -0.2) is 27.6 Å². The minimum atomic E-state index is -0.580. The predicted octanol–water partition coefficient (Wildman–Crippen LogP) is 3.13. The summed E-state index contributed by atoms with van der Waals surface area (Å²) in [5.74, 6) is -1.41. The maximum absolute atomic E-state index is 13.6. The molecule has 26 heavy (non-hydrogen) atoms. The molecule has 0 saturated heterocycles. The number of carbonyl (C=O) groups excluding carboxylic acids is 1. The normalized spacial score (nSPS) is 10.6. The summed E-state index contributed by atoms with van der Waals surface area (Å²) in [7, 11) is 3.00. The van der Waals surface area contributed by atoms with Gasteiger partial charge in [0.15, 0.2) is 5.75 Å². The molecule has 3 rings (SSSR count). The van der Waals surface area contributed by atoms with Gasteiger partial charge in [0.2, 0.25) is 0 Å². The van der Waals surface area contributed by atoms with Crippen LogP contribution in [0.5, 0.6) is 5.75 Å². The van der Waals surface area contributed by atoms with Gasteiger partial charge in [0.1, 0.15) is 23.9 Å². The molecule has 0 spiro atoms. The van der Waals surface area contributed by atoms with Crippen LogP contribution < -0.4 is 4.74 Å². The predicted molar refractivity (Wildman–Crippen MR) is 88.5 cm³/mol. The van der Waals surface area contributed by atoms with Crippen molar-refractivity contribution in [1.29, 1.82) is 0 Å². The van der Waals surface area contributed by atoms with E-state index in [-0.39, 0.29) is 12.4 Å². The third-order valence-corrected chi connectivity index (χ3v) is 3.64. The number of halogens is 2. The summed E-state index contributed by atoms with van der Waals surface area (Å²) in [5, 5.41) is 0. The number of esters is 1. The minimum absolute atomic E-state index is 0.0167. The van der Waals surface area contributed by atoms with Crippen molar-refractivity contribution in [2.75, 3.05) is 7.11 Å².